The highest BCUT2D eigenvalue weighted by Crippen LogP contribution is 2.35. The number of nitrogens with zero attached hydrogens (tertiary/aromatic N) is 2. The molecule has 0 saturated carbocycles. The first-order valence-corrected chi connectivity index (χ1v) is 9.78. The number of hydrogen-bond acceptors (Lipinski definition) is 3. The van der Waals surface area contributed by atoms with Crippen LogP contribution in [0.25, 0.3) is 0 Å². The Bertz CT molecular complexity index is 779. The summed E-state index contributed by atoms with van der Waals surface area (Å²) in [6.07, 6.45) is 0.0801. The van der Waals surface area contributed by atoms with Gasteiger partial charge in [-0.2, -0.15) is 0 Å². The van der Waals surface area contributed by atoms with E-state index in [1.165, 1.54) is 6.92 Å². The summed E-state index contributed by atoms with van der Waals surface area (Å²) < 4.78 is 0.107. The van der Waals surface area contributed by atoms with E-state index in [0.29, 0.717) is 30.7 Å². The average molecular weight is 438 g/mol. The highest BCUT2D eigenvalue weighted by Gasteiger charge is 2.38. The summed E-state index contributed by atoms with van der Waals surface area (Å²) in [5.41, 5.74) is 1.06. The number of likely N-dealkylation sites (tertiary alicyclic amines) is 1. The van der Waals surface area contributed by atoms with Crippen molar-refractivity contribution in [2.45, 2.75) is 35.8 Å². The lowest BCUT2D eigenvalue weighted by Crippen LogP contribution is -2.59. The molecule has 3 atom stereocenters. The van der Waals surface area contributed by atoms with Crippen LogP contribution in [0.4, 0.5) is 0 Å². The lowest BCUT2D eigenvalue weighted by atomic mass is 9.83. The van der Waals surface area contributed by atoms with Crippen LogP contribution in [0.3, 0.4) is 0 Å². The first kappa shape index (κ1) is 19.7. The SMILES string of the molecule is CC(=O)N[C@@H](NC(=S)N1C[C@H]2C[C@H](C1)c1cccc(=O)n1C2)C(Cl)(Cl)Cl. The molecule has 3 rings (SSSR count). The number of pyridine rings is 1. The number of nitrogens with one attached hydrogen (secondary N) is 2. The summed E-state index contributed by atoms with van der Waals surface area (Å²) in [5.74, 6) is 0.191. The second-order valence-corrected chi connectivity index (χ2v) is 9.48. The molecule has 6 nitrogen and oxygen atoms in total. The van der Waals surface area contributed by atoms with E-state index in [0.717, 1.165) is 12.1 Å². The Morgan fingerprint density at radius 3 is 2.65 bits per heavy atom. The molecule has 2 aliphatic rings. The fourth-order valence-electron chi connectivity index (χ4n) is 3.68. The molecular weight excluding hydrogens is 419 g/mol. The Balaban J connectivity index is 1.74. The second-order valence-electron chi connectivity index (χ2n) is 6.73. The maximum Gasteiger partial charge on any atom is 0.250 e. The van der Waals surface area contributed by atoms with E-state index < -0.39 is 9.96 Å². The number of rotatable bonds is 2. The predicted octanol–water partition coefficient (Wildman–Crippen LogP) is 1.97. The molecule has 26 heavy (non-hydrogen) atoms. The zero-order valence-electron chi connectivity index (χ0n) is 14.0. The number of piperidine rings is 1. The van der Waals surface area contributed by atoms with Crippen molar-refractivity contribution in [2.75, 3.05) is 13.1 Å². The third-order valence-corrected chi connectivity index (χ3v) is 5.74. The number of aromatic nitrogens is 1. The third-order valence-electron chi connectivity index (χ3n) is 4.71. The van der Waals surface area contributed by atoms with Gasteiger partial charge in [0.2, 0.25) is 9.70 Å². The monoisotopic (exact) mass is 436 g/mol. The van der Waals surface area contributed by atoms with Crippen LogP contribution in [-0.4, -0.2) is 43.5 Å². The Labute approximate surface area is 171 Å². The van der Waals surface area contributed by atoms with Crippen LogP contribution in [0.15, 0.2) is 23.0 Å². The van der Waals surface area contributed by atoms with Crippen LogP contribution >= 0.6 is 47.0 Å². The van der Waals surface area contributed by atoms with Gasteiger partial charge in [-0.3, -0.25) is 9.59 Å². The van der Waals surface area contributed by atoms with E-state index >= 15 is 0 Å². The molecule has 1 aromatic heterocycles. The molecule has 1 amide bonds. The smallest absolute Gasteiger partial charge is 0.250 e. The minimum absolute atomic E-state index is 0.0354. The fraction of sp³-hybridized carbons (Fsp3) is 0.562. The van der Waals surface area contributed by atoms with Crippen molar-refractivity contribution in [3.63, 3.8) is 0 Å². The van der Waals surface area contributed by atoms with Crippen LogP contribution in [0, 0.1) is 5.92 Å². The molecule has 0 aliphatic carbocycles. The molecule has 10 heteroatoms. The number of thiocarbonyl (C=S) groups is 1. The summed E-state index contributed by atoms with van der Waals surface area (Å²) in [5, 5.41) is 5.91. The van der Waals surface area contributed by atoms with Gasteiger partial charge in [0.25, 0.3) is 5.56 Å². The second kappa shape index (κ2) is 7.54. The van der Waals surface area contributed by atoms with Crippen molar-refractivity contribution in [2.24, 2.45) is 5.92 Å². The van der Waals surface area contributed by atoms with Crippen molar-refractivity contribution >= 4 is 58.0 Å². The van der Waals surface area contributed by atoms with Gasteiger partial charge in [0.05, 0.1) is 0 Å². The lowest BCUT2D eigenvalue weighted by Gasteiger charge is -2.44. The van der Waals surface area contributed by atoms with Gasteiger partial charge in [-0.25, -0.2) is 0 Å². The molecule has 0 aromatic carbocycles. The first-order valence-electron chi connectivity index (χ1n) is 8.24. The number of halogens is 3. The summed E-state index contributed by atoms with van der Waals surface area (Å²) in [6.45, 7) is 3.38. The lowest BCUT2D eigenvalue weighted by molar-refractivity contribution is -0.119. The summed E-state index contributed by atoms with van der Waals surface area (Å²) >= 11 is 23.3. The molecule has 2 bridgehead atoms. The molecule has 1 saturated heterocycles. The van der Waals surface area contributed by atoms with E-state index in [4.69, 9.17) is 47.0 Å². The van der Waals surface area contributed by atoms with Crippen LogP contribution < -0.4 is 16.2 Å². The highest BCUT2D eigenvalue weighted by atomic mass is 35.6. The van der Waals surface area contributed by atoms with E-state index in [2.05, 4.69) is 10.6 Å². The topological polar surface area (TPSA) is 66.4 Å². The number of carbonyl (C=O) groups is 1. The van der Waals surface area contributed by atoms with Crippen molar-refractivity contribution in [1.29, 1.82) is 0 Å². The fourth-order valence-corrected chi connectivity index (χ4v) is 4.27. The van der Waals surface area contributed by atoms with E-state index in [-0.39, 0.29) is 17.4 Å². The van der Waals surface area contributed by atoms with Crippen LogP contribution in [0.1, 0.15) is 25.0 Å². The minimum Gasteiger partial charge on any atom is -0.348 e. The predicted molar refractivity (Wildman–Crippen MR) is 107 cm³/mol. The van der Waals surface area contributed by atoms with Gasteiger partial charge in [0, 0.05) is 44.2 Å². The van der Waals surface area contributed by atoms with E-state index in [1.807, 2.05) is 15.5 Å². The van der Waals surface area contributed by atoms with Crippen molar-refractivity contribution in [3.8, 4) is 0 Å². The Kier molecular flexibility index (Phi) is 5.72. The van der Waals surface area contributed by atoms with E-state index in [9.17, 15) is 9.59 Å². The van der Waals surface area contributed by atoms with Crippen LogP contribution in [0.2, 0.25) is 0 Å². The van der Waals surface area contributed by atoms with Gasteiger partial charge < -0.3 is 20.1 Å². The maximum atomic E-state index is 12.1. The maximum absolute atomic E-state index is 12.1. The van der Waals surface area contributed by atoms with E-state index in [1.54, 1.807) is 12.1 Å². The molecule has 0 radical (unpaired) electrons. The van der Waals surface area contributed by atoms with Gasteiger partial charge in [-0.1, -0.05) is 40.9 Å². The Morgan fingerprint density at radius 1 is 1.27 bits per heavy atom. The zero-order chi connectivity index (χ0) is 19.1. The minimum atomic E-state index is -1.75. The number of carbonyl (C=O) groups excluding carboxylic acids is 1. The molecule has 2 N–H and O–H groups in total. The van der Waals surface area contributed by atoms with Crippen molar-refractivity contribution in [1.82, 2.24) is 20.1 Å². The van der Waals surface area contributed by atoms with Gasteiger partial charge in [-0.05, 0) is 30.6 Å². The number of amides is 1. The Hall–Kier alpha value is -1.02. The van der Waals surface area contributed by atoms with Gasteiger partial charge in [0.1, 0.15) is 6.17 Å². The highest BCUT2D eigenvalue weighted by molar-refractivity contribution is 7.80. The molecule has 0 unspecified atom stereocenters. The number of alkyl halides is 3. The summed E-state index contributed by atoms with van der Waals surface area (Å²) in [6, 6.07) is 5.37. The molecule has 2 aliphatic heterocycles. The van der Waals surface area contributed by atoms with Crippen molar-refractivity contribution < 1.29 is 4.79 Å². The zero-order valence-corrected chi connectivity index (χ0v) is 17.1. The molecule has 142 valence electrons. The molecule has 1 aromatic rings. The van der Waals surface area contributed by atoms with Crippen LogP contribution in [-0.2, 0) is 11.3 Å². The third kappa shape index (κ3) is 4.27. The van der Waals surface area contributed by atoms with Crippen molar-refractivity contribution in [3.05, 3.63) is 34.2 Å². The largest absolute Gasteiger partial charge is 0.348 e. The van der Waals surface area contributed by atoms with Crippen LogP contribution in [0.5, 0.6) is 0 Å². The number of hydrogen-bond donors (Lipinski definition) is 2. The molecular formula is C16H19Cl3N4O2S. The van der Waals surface area contributed by atoms with Gasteiger partial charge in [0.15, 0.2) is 5.11 Å². The average Bonchev–Trinajstić information content (AvgIpc) is 2.54. The molecule has 1 fully saturated rings. The van der Waals surface area contributed by atoms with Gasteiger partial charge in [-0.15, -0.1) is 0 Å². The standard InChI is InChI=1S/C16H19Cl3N4O2S/c1-9(24)20-14(16(17,18)19)21-15(26)22-6-10-5-11(8-22)12-3-2-4-13(25)23(12)7-10/h2-4,10-11,14H,5-8H2,1H3,(H,20,24)(H,21,26)/t10-,11-,14+/m1/s1. The quantitative estimate of drug-likeness (QED) is 0.421. The first-order chi connectivity index (χ1) is 12.1. The summed E-state index contributed by atoms with van der Waals surface area (Å²) in [4.78, 5) is 25.5. The molecule has 0 spiro atoms. The molecule has 3 heterocycles. The number of fused-ring (bicyclic) bond motifs is 4. The summed E-state index contributed by atoms with van der Waals surface area (Å²) in [7, 11) is 0. The normalized spacial score (nSPS) is 23.0. The van der Waals surface area contributed by atoms with Gasteiger partial charge >= 0.3 is 0 Å². The Morgan fingerprint density at radius 2 is 2.00 bits per heavy atom.